The molecule has 34 heavy (non-hydrogen) atoms. The summed E-state index contributed by atoms with van der Waals surface area (Å²) in [6.07, 6.45) is 24.1. The molecule has 1 nitrogen and oxygen atoms in total. The number of fused-ring (bicyclic) bond motifs is 1. The number of rotatable bonds is 9. The van der Waals surface area contributed by atoms with E-state index >= 15 is 0 Å². The molecule has 3 fully saturated rings. The maximum absolute atomic E-state index is 4.63. The van der Waals surface area contributed by atoms with Crippen molar-refractivity contribution in [2.24, 2.45) is 29.6 Å². The lowest BCUT2D eigenvalue weighted by atomic mass is 9.79. The first kappa shape index (κ1) is 22.0. The van der Waals surface area contributed by atoms with Gasteiger partial charge in [-0.05, 0) is 98.5 Å². The second-order valence-corrected chi connectivity index (χ2v) is 11.6. The molecule has 4 unspecified atom stereocenters. The number of hydrogen-bond donors (Lipinski definition) is 1. The first-order valence-corrected chi connectivity index (χ1v) is 13.8. The van der Waals surface area contributed by atoms with Crippen molar-refractivity contribution in [2.45, 2.75) is 76.7 Å². The molecule has 1 heteroatoms. The Morgan fingerprint density at radius 1 is 1.18 bits per heavy atom. The number of allylic oxidation sites excluding steroid dienone is 4. The highest BCUT2D eigenvalue weighted by Gasteiger charge is 2.35. The van der Waals surface area contributed by atoms with Crippen molar-refractivity contribution in [3.05, 3.63) is 82.9 Å². The summed E-state index contributed by atoms with van der Waals surface area (Å²) < 4.78 is 0. The van der Waals surface area contributed by atoms with Gasteiger partial charge in [-0.1, -0.05) is 73.6 Å². The second kappa shape index (κ2) is 9.30. The van der Waals surface area contributed by atoms with Crippen molar-refractivity contribution < 1.29 is 0 Å². The highest BCUT2D eigenvalue weighted by Crippen LogP contribution is 2.43. The van der Waals surface area contributed by atoms with E-state index in [4.69, 9.17) is 0 Å². The number of hydrogen-bond acceptors (Lipinski definition) is 1. The van der Waals surface area contributed by atoms with Crippen LogP contribution in [0.15, 0.2) is 60.4 Å². The van der Waals surface area contributed by atoms with Crippen molar-refractivity contribution in [3.63, 3.8) is 0 Å². The third kappa shape index (κ3) is 4.70. The average molecular weight is 450 g/mol. The van der Waals surface area contributed by atoms with Gasteiger partial charge >= 0.3 is 0 Å². The van der Waals surface area contributed by atoms with Crippen LogP contribution in [-0.2, 0) is 0 Å². The summed E-state index contributed by atoms with van der Waals surface area (Å²) in [5, 5.41) is 6.54. The molecule has 0 saturated heterocycles. The minimum absolute atomic E-state index is 0.369. The van der Waals surface area contributed by atoms with Gasteiger partial charge in [-0.3, -0.25) is 0 Å². The highest BCUT2D eigenvalue weighted by atomic mass is 14.9. The topological polar surface area (TPSA) is 12.0 Å². The molecule has 176 valence electrons. The molecule has 1 aromatic rings. The summed E-state index contributed by atoms with van der Waals surface area (Å²) in [5.41, 5.74) is 5.45. The third-order valence-electron chi connectivity index (χ3n) is 9.08. The van der Waals surface area contributed by atoms with Crippen molar-refractivity contribution >= 4 is 11.6 Å². The number of nitrogens with one attached hydrogen (secondary N) is 1. The van der Waals surface area contributed by atoms with Gasteiger partial charge in [0.2, 0.25) is 0 Å². The van der Waals surface area contributed by atoms with Gasteiger partial charge < -0.3 is 5.32 Å². The van der Waals surface area contributed by atoms with Crippen molar-refractivity contribution in [1.29, 1.82) is 0 Å². The van der Waals surface area contributed by atoms with Crippen LogP contribution in [0, 0.1) is 41.7 Å². The Labute approximate surface area is 206 Å². The van der Waals surface area contributed by atoms with Crippen LogP contribution in [0.5, 0.6) is 0 Å². The van der Waals surface area contributed by atoms with Crippen LogP contribution < -0.4 is 15.8 Å². The molecule has 5 aliphatic rings. The lowest BCUT2D eigenvalue weighted by Crippen LogP contribution is -2.43. The van der Waals surface area contributed by atoms with Crippen LogP contribution in [0.2, 0.25) is 0 Å². The van der Waals surface area contributed by atoms with E-state index < -0.39 is 0 Å². The normalized spacial score (nSPS) is 29.1. The monoisotopic (exact) mass is 449 g/mol. The average Bonchev–Trinajstić information content (AvgIpc) is 3.79. The Hall–Kier alpha value is -2.46. The summed E-state index contributed by atoms with van der Waals surface area (Å²) in [7, 11) is 0. The van der Waals surface area contributed by atoms with E-state index in [0.29, 0.717) is 23.8 Å². The highest BCUT2D eigenvalue weighted by molar-refractivity contribution is 5.65. The van der Waals surface area contributed by atoms with E-state index in [1.807, 2.05) is 6.07 Å². The Morgan fingerprint density at radius 2 is 2.06 bits per heavy atom. The summed E-state index contributed by atoms with van der Waals surface area (Å²) in [6, 6.07) is 11.2. The first-order valence-electron chi connectivity index (χ1n) is 13.8. The molecule has 3 saturated carbocycles. The van der Waals surface area contributed by atoms with Gasteiger partial charge in [0.25, 0.3) is 0 Å². The fourth-order valence-electron chi connectivity index (χ4n) is 6.59. The molecule has 1 N–H and O–H groups in total. The SMILES string of the molecule is C=C(NC(C1C=CC(CCC2CC2)=CC1)C1CCCC1=C)C1=c2c#cccc2=CC(C2CC2)C1. The van der Waals surface area contributed by atoms with E-state index in [1.54, 1.807) is 5.57 Å². The molecular formula is C33H39N. The van der Waals surface area contributed by atoms with E-state index in [1.165, 1.54) is 79.4 Å². The van der Waals surface area contributed by atoms with Crippen LogP contribution in [-0.4, -0.2) is 6.04 Å². The predicted molar refractivity (Wildman–Crippen MR) is 142 cm³/mol. The zero-order valence-electron chi connectivity index (χ0n) is 20.6. The van der Waals surface area contributed by atoms with Gasteiger partial charge in [0.15, 0.2) is 0 Å². The summed E-state index contributed by atoms with van der Waals surface area (Å²) in [6.45, 7) is 9.12. The Bertz CT molecular complexity index is 1140. The van der Waals surface area contributed by atoms with Crippen molar-refractivity contribution in [3.8, 4) is 0 Å². The largest absolute Gasteiger partial charge is 0.381 e. The van der Waals surface area contributed by atoms with Gasteiger partial charge in [-0.15, -0.1) is 0 Å². The Balaban J connectivity index is 1.23. The molecule has 0 spiro atoms. The third-order valence-corrected chi connectivity index (χ3v) is 9.08. The Morgan fingerprint density at radius 3 is 2.76 bits per heavy atom. The predicted octanol–water partition coefficient (Wildman–Crippen LogP) is 6.17. The van der Waals surface area contributed by atoms with Gasteiger partial charge in [0, 0.05) is 28.8 Å². The molecule has 0 aliphatic heterocycles. The van der Waals surface area contributed by atoms with Gasteiger partial charge in [0.05, 0.1) is 0 Å². The first-order chi connectivity index (χ1) is 16.7. The second-order valence-electron chi connectivity index (χ2n) is 11.6. The molecule has 0 aromatic heterocycles. The molecular weight excluding hydrogens is 410 g/mol. The molecule has 0 bridgehead atoms. The zero-order valence-corrected chi connectivity index (χ0v) is 20.6. The summed E-state index contributed by atoms with van der Waals surface area (Å²) >= 11 is 0. The zero-order chi connectivity index (χ0) is 23.1. The molecule has 1 aromatic carbocycles. The summed E-state index contributed by atoms with van der Waals surface area (Å²) in [4.78, 5) is 0. The Kier molecular flexibility index (Phi) is 6.02. The maximum Gasteiger partial charge on any atom is 0.0392 e. The molecule has 0 radical (unpaired) electrons. The molecule has 5 aliphatic carbocycles. The van der Waals surface area contributed by atoms with Crippen LogP contribution in [0.25, 0.3) is 11.6 Å². The fraction of sp³-hybridized carbons (Fsp3) is 0.515. The van der Waals surface area contributed by atoms with Crippen LogP contribution in [0.3, 0.4) is 0 Å². The van der Waals surface area contributed by atoms with Gasteiger partial charge in [-0.2, -0.15) is 0 Å². The lowest BCUT2D eigenvalue weighted by Gasteiger charge is -2.35. The lowest BCUT2D eigenvalue weighted by molar-refractivity contribution is 0.346. The van der Waals surface area contributed by atoms with Crippen LogP contribution >= 0.6 is 0 Å². The van der Waals surface area contributed by atoms with Gasteiger partial charge in [-0.25, -0.2) is 0 Å². The smallest absolute Gasteiger partial charge is 0.0392 e. The quantitative estimate of drug-likeness (QED) is 0.445. The van der Waals surface area contributed by atoms with Crippen LogP contribution in [0.4, 0.5) is 0 Å². The maximum atomic E-state index is 4.63. The molecule has 0 amide bonds. The molecule has 4 atom stereocenters. The van der Waals surface area contributed by atoms with E-state index in [9.17, 15) is 0 Å². The molecule has 0 heterocycles. The standard InChI is InChI=1S/C33H39N/c1-22-6-5-9-30(22)33(27-16-14-25(15-17-27)13-12-24-10-11-24)34-23(2)32-21-29(26-18-19-26)20-28-7-3-4-8-31(28)32/h3,7,14-16,20,24,26-27,29-30,33-34H,1-2,5-6,9-13,17-19,21H2. The summed E-state index contributed by atoms with van der Waals surface area (Å²) in [5.74, 6) is 3.54. The van der Waals surface area contributed by atoms with Crippen molar-refractivity contribution in [2.75, 3.05) is 0 Å². The van der Waals surface area contributed by atoms with Crippen molar-refractivity contribution in [1.82, 2.24) is 5.32 Å². The fourth-order valence-corrected chi connectivity index (χ4v) is 6.59. The van der Waals surface area contributed by atoms with E-state index in [-0.39, 0.29) is 0 Å². The minimum Gasteiger partial charge on any atom is -0.381 e. The van der Waals surface area contributed by atoms with E-state index in [0.717, 1.165) is 30.4 Å². The minimum atomic E-state index is 0.369. The van der Waals surface area contributed by atoms with Crippen LogP contribution in [0.1, 0.15) is 70.6 Å². The molecule has 6 rings (SSSR count). The van der Waals surface area contributed by atoms with Gasteiger partial charge in [0.1, 0.15) is 0 Å². The van der Waals surface area contributed by atoms with E-state index in [2.05, 4.69) is 61.0 Å².